The Morgan fingerprint density at radius 2 is 2.29 bits per heavy atom. The van der Waals surface area contributed by atoms with Crippen LogP contribution in [0.25, 0.3) is 5.69 Å². The van der Waals surface area contributed by atoms with Crippen LogP contribution < -0.4 is 5.32 Å². The standard InChI is InChI=1S/C12H13BrFN3/c1-2-5-15-12-16-6-7-17(12)9-3-4-11(14)10(13)8-9/h3-4,6-8H,2,5H2,1H3,(H,15,16). The lowest BCUT2D eigenvalue weighted by molar-refractivity contribution is 0.620. The van der Waals surface area contributed by atoms with Crippen molar-refractivity contribution in [2.24, 2.45) is 0 Å². The molecule has 0 unspecified atom stereocenters. The predicted molar refractivity (Wildman–Crippen MR) is 70.0 cm³/mol. The molecular formula is C12H13BrFN3. The fourth-order valence-corrected chi connectivity index (χ4v) is 1.88. The molecule has 90 valence electrons. The first-order valence-corrected chi connectivity index (χ1v) is 6.24. The molecule has 0 saturated carbocycles. The van der Waals surface area contributed by atoms with Gasteiger partial charge in [-0.2, -0.15) is 0 Å². The van der Waals surface area contributed by atoms with Crippen molar-refractivity contribution in [3.05, 3.63) is 40.9 Å². The van der Waals surface area contributed by atoms with Crippen LogP contribution in [0.5, 0.6) is 0 Å². The molecule has 0 aliphatic rings. The number of aromatic nitrogens is 2. The van der Waals surface area contributed by atoms with E-state index < -0.39 is 0 Å². The fraction of sp³-hybridized carbons (Fsp3) is 0.250. The molecule has 0 aliphatic heterocycles. The van der Waals surface area contributed by atoms with E-state index in [1.54, 1.807) is 18.3 Å². The summed E-state index contributed by atoms with van der Waals surface area (Å²) < 4.78 is 15.5. The third-order valence-electron chi connectivity index (χ3n) is 2.36. The van der Waals surface area contributed by atoms with Crippen LogP contribution >= 0.6 is 15.9 Å². The minimum Gasteiger partial charge on any atom is -0.355 e. The number of nitrogens with one attached hydrogen (secondary N) is 1. The Labute approximate surface area is 108 Å². The Morgan fingerprint density at radius 3 is 3.00 bits per heavy atom. The number of nitrogens with zero attached hydrogens (tertiary/aromatic N) is 2. The van der Waals surface area contributed by atoms with Crippen molar-refractivity contribution >= 4 is 21.9 Å². The summed E-state index contributed by atoms with van der Waals surface area (Å²) in [5.74, 6) is 0.502. The monoisotopic (exact) mass is 297 g/mol. The highest BCUT2D eigenvalue weighted by Gasteiger charge is 2.06. The molecule has 1 heterocycles. The average Bonchev–Trinajstić information content (AvgIpc) is 2.78. The van der Waals surface area contributed by atoms with Crippen LogP contribution in [0.2, 0.25) is 0 Å². The van der Waals surface area contributed by atoms with E-state index in [9.17, 15) is 4.39 Å². The van der Waals surface area contributed by atoms with Crippen LogP contribution in [0.4, 0.5) is 10.3 Å². The zero-order valence-electron chi connectivity index (χ0n) is 9.45. The molecular weight excluding hydrogens is 285 g/mol. The smallest absolute Gasteiger partial charge is 0.207 e. The highest BCUT2D eigenvalue weighted by Crippen LogP contribution is 2.21. The van der Waals surface area contributed by atoms with Gasteiger partial charge in [-0.25, -0.2) is 9.37 Å². The van der Waals surface area contributed by atoms with Gasteiger partial charge in [0.2, 0.25) is 5.95 Å². The Hall–Kier alpha value is -1.36. The summed E-state index contributed by atoms with van der Waals surface area (Å²) in [5.41, 5.74) is 0.870. The maximum absolute atomic E-state index is 13.2. The Balaban J connectivity index is 2.32. The SMILES string of the molecule is CCCNc1nccn1-c1ccc(F)c(Br)c1. The molecule has 1 aromatic carbocycles. The number of hydrogen-bond acceptors (Lipinski definition) is 2. The fourth-order valence-electron chi connectivity index (χ4n) is 1.51. The molecule has 1 aromatic heterocycles. The van der Waals surface area contributed by atoms with Crippen LogP contribution in [0.15, 0.2) is 35.1 Å². The summed E-state index contributed by atoms with van der Waals surface area (Å²) >= 11 is 3.18. The zero-order chi connectivity index (χ0) is 12.3. The van der Waals surface area contributed by atoms with E-state index in [4.69, 9.17) is 0 Å². The molecule has 2 aromatic rings. The van der Waals surface area contributed by atoms with Gasteiger partial charge in [-0.15, -0.1) is 0 Å². The molecule has 2 rings (SSSR count). The lowest BCUT2D eigenvalue weighted by atomic mass is 10.3. The molecule has 0 radical (unpaired) electrons. The lowest BCUT2D eigenvalue weighted by Gasteiger charge is -2.09. The summed E-state index contributed by atoms with van der Waals surface area (Å²) in [5, 5.41) is 3.22. The molecule has 0 amide bonds. The molecule has 0 bridgehead atoms. The van der Waals surface area contributed by atoms with Crippen molar-refractivity contribution in [2.75, 3.05) is 11.9 Å². The van der Waals surface area contributed by atoms with Crippen LogP contribution in [0.3, 0.4) is 0 Å². The van der Waals surface area contributed by atoms with Gasteiger partial charge in [0.1, 0.15) is 5.82 Å². The number of hydrogen-bond donors (Lipinski definition) is 1. The van der Waals surface area contributed by atoms with E-state index in [1.807, 2.05) is 10.8 Å². The van der Waals surface area contributed by atoms with Gasteiger partial charge < -0.3 is 5.32 Å². The van der Waals surface area contributed by atoms with E-state index in [2.05, 4.69) is 33.2 Å². The minimum absolute atomic E-state index is 0.267. The largest absolute Gasteiger partial charge is 0.355 e. The van der Waals surface area contributed by atoms with Crippen molar-refractivity contribution in [3.63, 3.8) is 0 Å². The van der Waals surface area contributed by atoms with Crippen LogP contribution in [-0.2, 0) is 0 Å². The van der Waals surface area contributed by atoms with Gasteiger partial charge in [-0.3, -0.25) is 4.57 Å². The molecule has 5 heteroatoms. The van der Waals surface area contributed by atoms with Crippen molar-refractivity contribution in [2.45, 2.75) is 13.3 Å². The first-order chi connectivity index (χ1) is 8.22. The maximum atomic E-state index is 13.2. The second-order valence-corrected chi connectivity index (χ2v) is 4.50. The molecule has 3 nitrogen and oxygen atoms in total. The Kier molecular flexibility index (Phi) is 3.78. The number of benzene rings is 1. The predicted octanol–water partition coefficient (Wildman–Crippen LogP) is 3.60. The topological polar surface area (TPSA) is 29.9 Å². The summed E-state index contributed by atoms with van der Waals surface area (Å²) in [4.78, 5) is 4.22. The number of imidazole rings is 1. The molecule has 0 aliphatic carbocycles. The summed E-state index contributed by atoms with van der Waals surface area (Å²) in [6.45, 7) is 2.95. The molecule has 17 heavy (non-hydrogen) atoms. The van der Waals surface area contributed by atoms with Crippen LogP contribution in [0.1, 0.15) is 13.3 Å². The van der Waals surface area contributed by atoms with Gasteiger partial charge in [-0.1, -0.05) is 6.92 Å². The van der Waals surface area contributed by atoms with Gasteiger partial charge in [-0.05, 0) is 40.5 Å². The van der Waals surface area contributed by atoms with Crippen molar-refractivity contribution in [3.8, 4) is 5.69 Å². The second kappa shape index (κ2) is 5.31. The quantitative estimate of drug-likeness (QED) is 0.934. The van der Waals surface area contributed by atoms with Crippen molar-refractivity contribution in [1.29, 1.82) is 0 Å². The molecule has 0 saturated heterocycles. The van der Waals surface area contributed by atoms with Crippen molar-refractivity contribution in [1.82, 2.24) is 9.55 Å². The highest BCUT2D eigenvalue weighted by molar-refractivity contribution is 9.10. The molecule has 1 N–H and O–H groups in total. The zero-order valence-corrected chi connectivity index (χ0v) is 11.0. The molecule has 0 spiro atoms. The van der Waals surface area contributed by atoms with Gasteiger partial charge in [0.05, 0.1) is 4.47 Å². The Bertz CT molecular complexity index is 510. The first kappa shape index (κ1) is 12.1. The average molecular weight is 298 g/mol. The summed E-state index contributed by atoms with van der Waals surface area (Å²) in [7, 11) is 0. The third-order valence-corrected chi connectivity index (χ3v) is 2.96. The van der Waals surface area contributed by atoms with Gasteiger partial charge in [0, 0.05) is 24.6 Å². The summed E-state index contributed by atoms with van der Waals surface area (Å²) in [6, 6.07) is 4.88. The van der Waals surface area contributed by atoms with Crippen LogP contribution in [-0.4, -0.2) is 16.1 Å². The van der Waals surface area contributed by atoms with E-state index in [0.717, 1.165) is 24.6 Å². The van der Waals surface area contributed by atoms with E-state index >= 15 is 0 Å². The number of anilines is 1. The second-order valence-electron chi connectivity index (χ2n) is 3.65. The van der Waals surface area contributed by atoms with E-state index in [1.165, 1.54) is 6.07 Å². The lowest BCUT2D eigenvalue weighted by Crippen LogP contribution is -2.06. The molecule has 0 atom stereocenters. The minimum atomic E-state index is -0.267. The van der Waals surface area contributed by atoms with Crippen LogP contribution in [0, 0.1) is 5.82 Å². The molecule has 0 fully saturated rings. The number of rotatable bonds is 4. The summed E-state index contributed by atoms with van der Waals surface area (Å²) in [6.07, 6.45) is 4.59. The van der Waals surface area contributed by atoms with Gasteiger partial charge in [0.15, 0.2) is 0 Å². The van der Waals surface area contributed by atoms with E-state index in [-0.39, 0.29) is 5.82 Å². The van der Waals surface area contributed by atoms with Gasteiger partial charge in [0.25, 0.3) is 0 Å². The first-order valence-electron chi connectivity index (χ1n) is 5.45. The normalized spacial score (nSPS) is 10.5. The third kappa shape index (κ3) is 2.66. The number of halogens is 2. The Morgan fingerprint density at radius 1 is 1.47 bits per heavy atom. The van der Waals surface area contributed by atoms with Gasteiger partial charge >= 0.3 is 0 Å². The maximum Gasteiger partial charge on any atom is 0.207 e. The highest BCUT2D eigenvalue weighted by atomic mass is 79.9. The van der Waals surface area contributed by atoms with E-state index in [0.29, 0.717) is 4.47 Å². The van der Waals surface area contributed by atoms with Crippen molar-refractivity contribution < 1.29 is 4.39 Å².